The van der Waals surface area contributed by atoms with Crippen molar-refractivity contribution in [2.24, 2.45) is 12.9 Å². The number of aromatic nitrogens is 2. The molecule has 1 rings (SSSR count). The van der Waals surface area contributed by atoms with Crippen molar-refractivity contribution >= 4 is 9.84 Å². The fraction of sp³-hybridized carbons (Fsp3) is 0.667. The fourth-order valence-electron chi connectivity index (χ4n) is 1.52. The van der Waals surface area contributed by atoms with Crippen molar-refractivity contribution in [3.8, 4) is 0 Å². The molecule has 1 atom stereocenters. The third kappa shape index (κ3) is 4.30. The zero-order valence-electron chi connectivity index (χ0n) is 9.55. The summed E-state index contributed by atoms with van der Waals surface area (Å²) in [6, 6.07) is -0.230. The van der Waals surface area contributed by atoms with E-state index in [1.807, 2.05) is 17.8 Å². The molecule has 0 spiro atoms. The number of sulfone groups is 1. The van der Waals surface area contributed by atoms with Gasteiger partial charge in [-0.15, -0.1) is 0 Å². The van der Waals surface area contributed by atoms with Gasteiger partial charge in [-0.2, -0.15) is 0 Å². The zero-order chi connectivity index (χ0) is 12.2. The molecule has 0 saturated carbocycles. The Morgan fingerprint density at radius 2 is 2.31 bits per heavy atom. The summed E-state index contributed by atoms with van der Waals surface area (Å²) in [4.78, 5) is 4.16. The van der Waals surface area contributed by atoms with E-state index >= 15 is 0 Å². The smallest absolute Gasteiger partial charge is 0.149 e. The molecule has 0 aromatic carbocycles. The Kier molecular flexibility index (Phi) is 4.45. The van der Waals surface area contributed by atoms with Crippen molar-refractivity contribution < 1.29 is 8.42 Å². The maximum atomic E-state index is 11.1. The van der Waals surface area contributed by atoms with Crippen molar-refractivity contribution in [3.05, 3.63) is 18.2 Å². The molecule has 0 amide bonds. The molecule has 0 radical (unpaired) electrons. The molecule has 0 aliphatic heterocycles. The van der Waals surface area contributed by atoms with Gasteiger partial charge in [0.1, 0.15) is 15.7 Å². The predicted octanol–water partition coefficient (Wildman–Crippen LogP) is -0.771. The minimum absolute atomic E-state index is 0.0495. The first kappa shape index (κ1) is 13.1. The SMILES string of the molecule is Cn1ccnc1CCC(CS(C)(=O)=O)NN. The molecule has 0 saturated heterocycles. The quantitative estimate of drug-likeness (QED) is 0.508. The second-order valence-electron chi connectivity index (χ2n) is 3.95. The maximum Gasteiger partial charge on any atom is 0.149 e. The Balaban J connectivity index is 2.49. The number of nitrogens with one attached hydrogen (secondary N) is 1. The van der Waals surface area contributed by atoms with Crippen molar-refractivity contribution in [1.29, 1.82) is 0 Å². The highest BCUT2D eigenvalue weighted by atomic mass is 32.2. The van der Waals surface area contributed by atoms with Gasteiger partial charge in [-0.1, -0.05) is 0 Å². The standard InChI is InChI=1S/C9H18N4O2S/c1-13-6-5-11-9(13)4-3-8(12-10)7-16(2,14)15/h5-6,8,12H,3-4,7,10H2,1-2H3. The number of nitrogens with zero attached hydrogens (tertiary/aromatic N) is 2. The van der Waals surface area contributed by atoms with Gasteiger partial charge in [0.2, 0.25) is 0 Å². The molecular weight excluding hydrogens is 228 g/mol. The summed E-state index contributed by atoms with van der Waals surface area (Å²) in [7, 11) is -1.10. The van der Waals surface area contributed by atoms with Gasteiger partial charge in [0.05, 0.1) is 5.75 Å². The zero-order valence-corrected chi connectivity index (χ0v) is 10.4. The van der Waals surface area contributed by atoms with Crippen molar-refractivity contribution in [2.45, 2.75) is 18.9 Å². The molecule has 0 aliphatic carbocycles. The van der Waals surface area contributed by atoms with E-state index in [2.05, 4.69) is 10.4 Å². The molecule has 0 aliphatic rings. The van der Waals surface area contributed by atoms with E-state index < -0.39 is 9.84 Å². The molecule has 92 valence electrons. The third-order valence-corrected chi connectivity index (χ3v) is 3.38. The molecular formula is C9H18N4O2S. The monoisotopic (exact) mass is 246 g/mol. The van der Waals surface area contributed by atoms with Crippen LogP contribution in [0, 0.1) is 0 Å². The number of rotatable bonds is 6. The van der Waals surface area contributed by atoms with Crippen molar-refractivity contribution in [3.63, 3.8) is 0 Å². The number of hydrogen-bond acceptors (Lipinski definition) is 5. The van der Waals surface area contributed by atoms with E-state index in [4.69, 9.17) is 5.84 Å². The number of nitrogens with two attached hydrogens (primary N) is 1. The number of aryl methyl sites for hydroxylation is 2. The molecule has 3 N–H and O–H groups in total. The van der Waals surface area contributed by atoms with Gasteiger partial charge in [0.25, 0.3) is 0 Å². The summed E-state index contributed by atoms with van der Waals surface area (Å²) in [5.41, 5.74) is 2.52. The van der Waals surface area contributed by atoms with Gasteiger partial charge in [0, 0.05) is 38.2 Å². The Hall–Kier alpha value is -0.920. The van der Waals surface area contributed by atoms with Gasteiger partial charge < -0.3 is 4.57 Å². The normalized spacial score (nSPS) is 13.9. The summed E-state index contributed by atoms with van der Waals surface area (Å²) in [5.74, 6) is 6.29. The van der Waals surface area contributed by atoms with Crippen LogP contribution in [-0.2, 0) is 23.3 Å². The van der Waals surface area contributed by atoms with Crippen LogP contribution < -0.4 is 11.3 Å². The highest BCUT2D eigenvalue weighted by molar-refractivity contribution is 7.90. The van der Waals surface area contributed by atoms with E-state index in [0.29, 0.717) is 12.8 Å². The molecule has 1 heterocycles. The lowest BCUT2D eigenvalue weighted by Crippen LogP contribution is -2.40. The van der Waals surface area contributed by atoms with Crippen LogP contribution in [0.4, 0.5) is 0 Å². The fourth-order valence-corrected chi connectivity index (χ4v) is 2.51. The highest BCUT2D eigenvalue weighted by Crippen LogP contribution is 2.03. The van der Waals surface area contributed by atoms with E-state index in [1.165, 1.54) is 6.26 Å². The summed E-state index contributed by atoms with van der Waals surface area (Å²) in [6.07, 6.45) is 6.13. The van der Waals surface area contributed by atoms with Gasteiger partial charge >= 0.3 is 0 Å². The molecule has 0 bridgehead atoms. The van der Waals surface area contributed by atoms with E-state index in [1.54, 1.807) is 6.20 Å². The van der Waals surface area contributed by atoms with Crippen LogP contribution in [0.5, 0.6) is 0 Å². The first-order valence-electron chi connectivity index (χ1n) is 5.02. The molecule has 16 heavy (non-hydrogen) atoms. The van der Waals surface area contributed by atoms with Crippen LogP contribution in [0.15, 0.2) is 12.4 Å². The molecule has 7 heteroatoms. The second-order valence-corrected chi connectivity index (χ2v) is 6.13. The lowest BCUT2D eigenvalue weighted by Gasteiger charge is -2.14. The third-order valence-electron chi connectivity index (χ3n) is 2.38. The van der Waals surface area contributed by atoms with Gasteiger partial charge in [-0.05, 0) is 6.42 Å². The van der Waals surface area contributed by atoms with Crippen molar-refractivity contribution in [2.75, 3.05) is 12.0 Å². The number of imidazole rings is 1. The first-order chi connectivity index (χ1) is 7.42. The average molecular weight is 246 g/mol. The van der Waals surface area contributed by atoms with Crippen LogP contribution >= 0.6 is 0 Å². The lowest BCUT2D eigenvalue weighted by molar-refractivity contribution is 0.512. The minimum atomic E-state index is -3.01. The number of hydrogen-bond donors (Lipinski definition) is 2. The average Bonchev–Trinajstić information content (AvgIpc) is 2.57. The first-order valence-corrected chi connectivity index (χ1v) is 7.08. The Labute approximate surface area is 95.7 Å². The Bertz CT molecular complexity index is 426. The van der Waals surface area contributed by atoms with Crippen LogP contribution in [-0.4, -0.2) is 36.0 Å². The van der Waals surface area contributed by atoms with E-state index in [-0.39, 0.29) is 11.8 Å². The molecule has 1 aromatic heterocycles. The van der Waals surface area contributed by atoms with Gasteiger partial charge in [0.15, 0.2) is 0 Å². The second kappa shape index (κ2) is 5.42. The predicted molar refractivity (Wildman–Crippen MR) is 62.4 cm³/mol. The van der Waals surface area contributed by atoms with Crippen LogP contribution in [0.1, 0.15) is 12.2 Å². The summed E-state index contributed by atoms with van der Waals surface area (Å²) >= 11 is 0. The van der Waals surface area contributed by atoms with Crippen molar-refractivity contribution in [1.82, 2.24) is 15.0 Å². The minimum Gasteiger partial charge on any atom is -0.338 e. The van der Waals surface area contributed by atoms with Gasteiger partial charge in [-0.25, -0.2) is 13.4 Å². The van der Waals surface area contributed by atoms with E-state index in [0.717, 1.165) is 5.82 Å². The summed E-state index contributed by atoms with van der Waals surface area (Å²) in [5, 5.41) is 0. The summed E-state index contributed by atoms with van der Waals surface area (Å²) < 4.78 is 24.1. The Morgan fingerprint density at radius 1 is 1.62 bits per heavy atom. The van der Waals surface area contributed by atoms with Crippen LogP contribution in [0.3, 0.4) is 0 Å². The Morgan fingerprint density at radius 3 is 2.75 bits per heavy atom. The van der Waals surface area contributed by atoms with Crippen LogP contribution in [0.25, 0.3) is 0 Å². The topological polar surface area (TPSA) is 90.0 Å². The summed E-state index contributed by atoms with van der Waals surface area (Å²) in [6.45, 7) is 0. The lowest BCUT2D eigenvalue weighted by atomic mass is 10.2. The van der Waals surface area contributed by atoms with Gasteiger partial charge in [-0.3, -0.25) is 11.3 Å². The largest absolute Gasteiger partial charge is 0.338 e. The molecule has 0 fully saturated rings. The van der Waals surface area contributed by atoms with Crippen LogP contribution in [0.2, 0.25) is 0 Å². The highest BCUT2D eigenvalue weighted by Gasteiger charge is 2.14. The number of hydrazine groups is 1. The molecule has 1 aromatic rings. The molecule has 6 nitrogen and oxygen atoms in total. The molecule has 1 unspecified atom stereocenters. The maximum absolute atomic E-state index is 11.1. The van der Waals surface area contributed by atoms with E-state index in [9.17, 15) is 8.42 Å².